The lowest BCUT2D eigenvalue weighted by atomic mass is 9.78. The topological polar surface area (TPSA) is 55.1 Å². The van der Waals surface area contributed by atoms with Crippen molar-refractivity contribution in [3.05, 3.63) is 28.2 Å². The summed E-state index contributed by atoms with van der Waals surface area (Å²) in [4.78, 5) is 12.2. The normalized spacial score (nSPS) is 27.0. The molecule has 4 heteroatoms. The van der Waals surface area contributed by atoms with Crippen molar-refractivity contribution in [2.45, 2.75) is 39.2 Å². The highest BCUT2D eigenvalue weighted by Crippen LogP contribution is 2.29. The Morgan fingerprint density at radius 3 is 2.79 bits per heavy atom. The Morgan fingerprint density at radius 2 is 2.11 bits per heavy atom. The maximum absolute atomic E-state index is 12.2. The number of hydrogen-bond acceptors (Lipinski definition) is 2. The summed E-state index contributed by atoms with van der Waals surface area (Å²) < 4.78 is 0.823. The van der Waals surface area contributed by atoms with Gasteiger partial charge in [-0.15, -0.1) is 0 Å². The highest BCUT2D eigenvalue weighted by molar-refractivity contribution is 9.10. The number of anilines is 1. The van der Waals surface area contributed by atoms with E-state index in [1.165, 1.54) is 12.8 Å². The molecule has 2 rings (SSSR count). The average molecular weight is 325 g/mol. The van der Waals surface area contributed by atoms with E-state index in [0.717, 1.165) is 10.9 Å². The fourth-order valence-electron chi connectivity index (χ4n) is 2.72. The van der Waals surface area contributed by atoms with Crippen LogP contribution in [0.2, 0.25) is 0 Å². The van der Waals surface area contributed by atoms with Gasteiger partial charge in [-0.05, 0) is 52.4 Å². The molecule has 0 aromatic heterocycles. The molecule has 1 aromatic rings. The van der Waals surface area contributed by atoms with Crippen LogP contribution in [0, 0.1) is 11.8 Å². The van der Waals surface area contributed by atoms with Crippen LogP contribution in [-0.2, 0) is 0 Å². The van der Waals surface area contributed by atoms with Crippen molar-refractivity contribution in [2.75, 3.05) is 5.73 Å². The Morgan fingerprint density at radius 1 is 1.37 bits per heavy atom. The zero-order valence-electron chi connectivity index (χ0n) is 11.4. The summed E-state index contributed by atoms with van der Waals surface area (Å²) in [6.07, 6.45) is 3.53. The van der Waals surface area contributed by atoms with Gasteiger partial charge < -0.3 is 11.1 Å². The first-order valence-electron chi connectivity index (χ1n) is 6.85. The second-order valence-electron chi connectivity index (χ2n) is 5.58. The van der Waals surface area contributed by atoms with Crippen LogP contribution in [0.15, 0.2) is 22.7 Å². The molecule has 0 radical (unpaired) electrons. The van der Waals surface area contributed by atoms with Gasteiger partial charge in [0, 0.05) is 21.8 Å². The molecular weight excluding hydrogens is 304 g/mol. The zero-order chi connectivity index (χ0) is 14.0. The smallest absolute Gasteiger partial charge is 0.251 e. The number of carbonyl (C=O) groups excluding carboxylic acids is 1. The van der Waals surface area contributed by atoms with Gasteiger partial charge in [0.2, 0.25) is 0 Å². The first-order chi connectivity index (χ1) is 8.99. The number of nitrogen functional groups attached to an aromatic ring is 1. The molecular formula is C15H21BrN2O. The third kappa shape index (κ3) is 3.30. The van der Waals surface area contributed by atoms with Gasteiger partial charge in [-0.25, -0.2) is 0 Å². The summed E-state index contributed by atoms with van der Waals surface area (Å²) in [5.74, 6) is 1.18. The van der Waals surface area contributed by atoms with E-state index in [4.69, 9.17) is 5.73 Å². The average Bonchev–Trinajstić information content (AvgIpc) is 2.38. The maximum Gasteiger partial charge on any atom is 0.251 e. The van der Waals surface area contributed by atoms with Gasteiger partial charge in [0.15, 0.2) is 0 Å². The molecule has 1 fully saturated rings. The molecule has 0 saturated heterocycles. The fourth-order valence-corrected chi connectivity index (χ4v) is 2.97. The molecule has 0 bridgehead atoms. The molecule has 19 heavy (non-hydrogen) atoms. The molecule has 3 N–H and O–H groups in total. The van der Waals surface area contributed by atoms with Crippen LogP contribution < -0.4 is 11.1 Å². The van der Waals surface area contributed by atoms with Crippen LogP contribution in [0.4, 0.5) is 5.69 Å². The first kappa shape index (κ1) is 14.4. The number of benzene rings is 1. The Balaban J connectivity index is 2.06. The number of hydrogen-bond donors (Lipinski definition) is 2. The highest BCUT2D eigenvalue weighted by Gasteiger charge is 2.28. The van der Waals surface area contributed by atoms with E-state index in [-0.39, 0.29) is 11.9 Å². The van der Waals surface area contributed by atoms with Crippen molar-refractivity contribution in [2.24, 2.45) is 11.8 Å². The van der Waals surface area contributed by atoms with Gasteiger partial charge in [-0.3, -0.25) is 4.79 Å². The summed E-state index contributed by atoms with van der Waals surface area (Å²) >= 11 is 3.34. The Labute approximate surface area is 123 Å². The minimum absolute atomic E-state index is 0.0230. The minimum Gasteiger partial charge on any atom is -0.398 e. The number of carbonyl (C=O) groups is 1. The van der Waals surface area contributed by atoms with Gasteiger partial charge in [0.1, 0.15) is 0 Å². The molecule has 1 aromatic carbocycles. The van der Waals surface area contributed by atoms with Gasteiger partial charge in [-0.1, -0.05) is 26.7 Å². The molecule has 1 aliphatic rings. The predicted octanol–water partition coefficient (Wildman–Crippen LogP) is 3.59. The number of nitrogens with one attached hydrogen (secondary N) is 1. The number of amides is 1. The third-order valence-corrected chi connectivity index (χ3v) is 5.00. The van der Waals surface area contributed by atoms with Crippen LogP contribution >= 0.6 is 15.9 Å². The van der Waals surface area contributed by atoms with Gasteiger partial charge >= 0.3 is 0 Å². The lowest BCUT2D eigenvalue weighted by molar-refractivity contribution is 0.0891. The van der Waals surface area contributed by atoms with E-state index in [1.54, 1.807) is 12.1 Å². The SMILES string of the molecule is CC1CCCC(NC(=O)c2ccc(Br)c(N)c2)C1C. The summed E-state index contributed by atoms with van der Waals surface area (Å²) in [7, 11) is 0. The Kier molecular flexibility index (Phi) is 4.50. The van der Waals surface area contributed by atoms with Crippen molar-refractivity contribution in [1.29, 1.82) is 0 Å². The molecule has 104 valence electrons. The predicted molar refractivity (Wildman–Crippen MR) is 82.0 cm³/mol. The van der Waals surface area contributed by atoms with E-state index >= 15 is 0 Å². The molecule has 3 atom stereocenters. The lowest BCUT2D eigenvalue weighted by Crippen LogP contribution is -2.43. The first-order valence-corrected chi connectivity index (χ1v) is 7.64. The molecule has 3 unspecified atom stereocenters. The summed E-state index contributed by atoms with van der Waals surface area (Å²) in [6, 6.07) is 5.61. The second-order valence-corrected chi connectivity index (χ2v) is 6.44. The van der Waals surface area contributed by atoms with Crippen molar-refractivity contribution < 1.29 is 4.79 Å². The van der Waals surface area contributed by atoms with E-state index in [0.29, 0.717) is 23.1 Å². The van der Waals surface area contributed by atoms with Crippen LogP contribution in [0.25, 0.3) is 0 Å². The van der Waals surface area contributed by atoms with Crippen LogP contribution in [0.1, 0.15) is 43.5 Å². The molecule has 0 heterocycles. The Hall–Kier alpha value is -1.03. The quantitative estimate of drug-likeness (QED) is 0.817. The van der Waals surface area contributed by atoms with E-state index in [2.05, 4.69) is 35.1 Å². The second kappa shape index (κ2) is 5.95. The molecule has 1 saturated carbocycles. The maximum atomic E-state index is 12.2. The summed E-state index contributed by atoms with van der Waals surface area (Å²) in [5.41, 5.74) is 7.04. The molecule has 0 spiro atoms. The third-order valence-electron chi connectivity index (χ3n) is 4.28. The number of halogens is 1. The van der Waals surface area contributed by atoms with Crippen LogP contribution in [0.5, 0.6) is 0 Å². The van der Waals surface area contributed by atoms with Gasteiger partial charge in [0.05, 0.1) is 0 Å². The molecule has 1 amide bonds. The van der Waals surface area contributed by atoms with Crippen molar-refractivity contribution in [3.8, 4) is 0 Å². The van der Waals surface area contributed by atoms with E-state index < -0.39 is 0 Å². The molecule has 0 aliphatic heterocycles. The highest BCUT2D eigenvalue weighted by atomic mass is 79.9. The fraction of sp³-hybridized carbons (Fsp3) is 0.533. The van der Waals surface area contributed by atoms with Crippen LogP contribution in [-0.4, -0.2) is 11.9 Å². The molecule has 3 nitrogen and oxygen atoms in total. The molecule has 1 aliphatic carbocycles. The zero-order valence-corrected chi connectivity index (χ0v) is 13.0. The van der Waals surface area contributed by atoms with Gasteiger partial charge in [0.25, 0.3) is 5.91 Å². The largest absolute Gasteiger partial charge is 0.398 e. The van der Waals surface area contributed by atoms with E-state index in [9.17, 15) is 4.79 Å². The monoisotopic (exact) mass is 324 g/mol. The van der Waals surface area contributed by atoms with Crippen LogP contribution in [0.3, 0.4) is 0 Å². The van der Waals surface area contributed by atoms with Crippen molar-refractivity contribution in [3.63, 3.8) is 0 Å². The van der Waals surface area contributed by atoms with Gasteiger partial charge in [-0.2, -0.15) is 0 Å². The standard InChI is InChI=1S/C15H21BrN2O/c1-9-4-3-5-14(10(9)2)18-15(19)11-6-7-12(16)13(17)8-11/h6-10,14H,3-5,17H2,1-2H3,(H,18,19). The van der Waals surface area contributed by atoms with Crippen molar-refractivity contribution >= 4 is 27.5 Å². The van der Waals surface area contributed by atoms with E-state index in [1.807, 2.05) is 6.07 Å². The van der Waals surface area contributed by atoms with Crippen molar-refractivity contribution in [1.82, 2.24) is 5.32 Å². The lowest BCUT2D eigenvalue weighted by Gasteiger charge is -2.34. The number of nitrogens with two attached hydrogens (primary N) is 1. The Bertz CT molecular complexity index is 475. The minimum atomic E-state index is -0.0230. The summed E-state index contributed by atoms with van der Waals surface area (Å²) in [6.45, 7) is 4.49. The number of rotatable bonds is 2. The summed E-state index contributed by atoms with van der Waals surface area (Å²) in [5, 5.41) is 3.15.